The number of hydrogen-bond donors (Lipinski definition) is 2. The Morgan fingerprint density at radius 2 is 1.85 bits per heavy atom. The summed E-state index contributed by atoms with van der Waals surface area (Å²) < 4.78 is 33.8. The second-order valence-electron chi connectivity index (χ2n) is 7.21. The molecule has 2 aromatic rings. The molecule has 6 nitrogen and oxygen atoms in total. The van der Waals surface area contributed by atoms with Gasteiger partial charge in [-0.15, -0.1) is 0 Å². The molecule has 1 aliphatic heterocycles. The molecule has 1 amide bonds. The second-order valence-corrected chi connectivity index (χ2v) is 8.86. The third kappa shape index (κ3) is 3.53. The summed E-state index contributed by atoms with van der Waals surface area (Å²) in [7, 11) is -3.73. The van der Waals surface area contributed by atoms with E-state index in [1.807, 2.05) is 13.0 Å². The molecule has 0 bridgehead atoms. The molecule has 138 valence electrons. The van der Waals surface area contributed by atoms with Gasteiger partial charge in [0.25, 0.3) is 10.0 Å². The molecule has 0 atom stereocenters. The summed E-state index contributed by atoms with van der Waals surface area (Å²) in [6.45, 7) is 7.39. The van der Waals surface area contributed by atoms with Gasteiger partial charge in [0.1, 0.15) is 12.4 Å². The van der Waals surface area contributed by atoms with E-state index in [0.717, 1.165) is 5.56 Å². The van der Waals surface area contributed by atoms with Gasteiger partial charge in [0.15, 0.2) is 0 Å². The number of rotatable bonds is 3. The molecule has 0 aliphatic carbocycles. The van der Waals surface area contributed by atoms with Crippen LogP contribution < -0.4 is 14.8 Å². The van der Waals surface area contributed by atoms with Gasteiger partial charge in [-0.05, 0) is 57.0 Å². The van der Waals surface area contributed by atoms with E-state index in [1.165, 1.54) is 0 Å². The average Bonchev–Trinajstić information content (AvgIpc) is 2.66. The second kappa shape index (κ2) is 6.32. The number of ether oxygens (including phenoxy) is 1. The molecule has 1 aliphatic rings. The standard InChI is InChI=1S/C19H22N2O4S/c1-12-5-6-13(2)17(9-12)26(23,24)21-14-7-8-15-16(10-14)25-11-19(3,4)18(22)20-15/h5-10,21H,11H2,1-4H3,(H,20,22). The zero-order chi connectivity index (χ0) is 19.1. The van der Waals surface area contributed by atoms with Crippen LogP contribution >= 0.6 is 0 Å². The third-order valence-electron chi connectivity index (χ3n) is 4.32. The molecule has 0 spiro atoms. The fraction of sp³-hybridized carbons (Fsp3) is 0.316. The molecule has 3 rings (SSSR count). The molecule has 0 fully saturated rings. The van der Waals surface area contributed by atoms with Crippen molar-refractivity contribution in [2.75, 3.05) is 16.6 Å². The summed E-state index contributed by atoms with van der Waals surface area (Å²) in [5.41, 5.74) is 1.76. The Morgan fingerprint density at radius 3 is 2.58 bits per heavy atom. The molecule has 0 unspecified atom stereocenters. The van der Waals surface area contributed by atoms with E-state index in [0.29, 0.717) is 22.7 Å². The zero-order valence-electron chi connectivity index (χ0n) is 15.2. The lowest BCUT2D eigenvalue weighted by molar-refractivity contribution is -0.124. The fourth-order valence-electron chi connectivity index (χ4n) is 2.63. The number of sulfonamides is 1. The summed E-state index contributed by atoms with van der Waals surface area (Å²) in [4.78, 5) is 12.4. The number of hydrogen-bond acceptors (Lipinski definition) is 4. The van der Waals surface area contributed by atoms with Gasteiger partial charge in [-0.2, -0.15) is 0 Å². The molecule has 0 aromatic heterocycles. The van der Waals surface area contributed by atoms with Crippen LogP contribution in [0.4, 0.5) is 11.4 Å². The highest BCUT2D eigenvalue weighted by molar-refractivity contribution is 7.92. The SMILES string of the molecule is Cc1ccc(C)c(S(=O)(=O)Nc2ccc3c(c2)OCC(C)(C)C(=O)N3)c1. The molecule has 0 saturated carbocycles. The molecular weight excluding hydrogens is 352 g/mol. The van der Waals surface area contributed by atoms with Gasteiger partial charge < -0.3 is 10.1 Å². The van der Waals surface area contributed by atoms with Crippen molar-refractivity contribution in [1.29, 1.82) is 0 Å². The molecule has 0 saturated heterocycles. The first-order valence-corrected chi connectivity index (χ1v) is 9.75. The Bertz CT molecular complexity index is 981. The van der Waals surface area contributed by atoms with Gasteiger partial charge in [0.2, 0.25) is 5.91 Å². The van der Waals surface area contributed by atoms with Crippen LogP contribution in [0, 0.1) is 19.3 Å². The lowest BCUT2D eigenvalue weighted by atomic mass is 9.94. The molecule has 1 heterocycles. The van der Waals surface area contributed by atoms with Gasteiger partial charge in [0, 0.05) is 6.07 Å². The zero-order valence-corrected chi connectivity index (χ0v) is 16.0. The van der Waals surface area contributed by atoms with Crippen LogP contribution in [0.25, 0.3) is 0 Å². The number of nitrogens with one attached hydrogen (secondary N) is 2. The van der Waals surface area contributed by atoms with Crippen molar-refractivity contribution in [3.63, 3.8) is 0 Å². The number of anilines is 2. The first kappa shape index (κ1) is 18.3. The van der Waals surface area contributed by atoms with Crippen molar-refractivity contribution >= 4 is 27.3 Å². The van der Waals surface area contributed by atoms with Crippen LogP contribution in [0.1, 0.15) is 25.0 Å². The highest BCUT2D eigenvalue weighted by Crippen LogP contribution is 2.35. The van der Waals surface area contributed by atoms with Crippen LogP contribution in [-0.2, 0) is 14.8 Å². The molecule has 26 heavy (non-hydrogen) atoms. The largest absolute Gasteiger partial charge is 0.490 e. The van der Waals surface area contributed by atoms with Gasteiger partial charge in [0.05, 0.1) is 21.7 Å². The maximum Gasteiger partial charge on any atom is 0.262 e. The maximum atomic E-state index is 12.7. The van der Waals surface area contributed by atoms with E-state index in [1.54, 1.807) is 51.1 Å². The number of aryl methyl sites for hydroxylation is 2. The van der Waals surface area contributed by atoms with Crippen molar-refractivity contribution in [3.05, 3.63) is 47.5 Å². The van der Waals surface area contributed by atoms with Crippen LogP contribution in [-0.4, -0.2) is 20.9 Å². The molecular formula is C19H22N2O4S. The lowest BCUT2D eigenvalue weighted by Crippen LogP contribution is -2.33. The third-order valence-corrected chi connectivity index (χ3v) is 5.84. The predicted octanol–water partition coefficient (Wildman–Crippen LogP) is 3.46. The van der Waals surface area contributed by atoms with Gasteiger partial charge in [-0.25, -0.2) is 8.42 Å². The number of carbonyl (C=O) groups excluding carboxylic acids is 1. The number of benzene rings is 2. The minimum Gasteiger partial charge on any atom is -0.490 e. The average molecular weight is 374 g/mol. The van der Waals surface area contributed by atoms with Crippen LogP contribution in [0.3, 0.4) is 0 Å². The summed E-state index contributed by atoms with van der Waals surface area (Å²) in [5, 5.41) is 2.81. The fourth-order valence-corrected chi connectivity index (χ4v) is 4.01. The Balaban J connectivity index is 1.92. The normalized spacial score (nSPS) is 16.1. The number of fused-ring (bicyclic) bond motifs is 1. The quantitative estimate of drug-likeness (QED) is 0.862. The van der Waals surface area contributed by atoms with E-state index in [9.17, 15) is 13.2 Å². The summed E-state index contributed by atoms with van der Waals surface area (Å²) in [6, 6.07) is 10.1. The van der Waals surface area contributed by atoms with Crippen molar-refractivity contribution in [2.24, 2.45) is 5.41 Å². The Labute approximate surface area is 153 Å². The smallest absolute Gasteiger partial charge is 0.262 e. The van der Waals surface area contributed by atoms with Crippen LogP contribution in [0.2, 0.25) is 0 Å². The van der Waals surface area contributed by atoms with Gasteiger partial charge >= 0.3 is 0 Å². The van der Waals surface area contributed by atoms with Gasteiger partial charge in [-0.1, -0.05) is 12.1 Å². The molecule has 0 radical (unpaired) electrons. The predicted molar refractivity (Wildman–Crippen MR) is 101 cm³/mol. The van der Waals surface area contributed by atoms with E-state index >= 15 is 0 Å². The number of carbonyl (C=O) groups is 1. The Hall–Kier alpha value is -2.54. The molecule has 2 aromatic carbocycles. The first-order chi connectivity index (χ1) is 12.1. The van der Waals surface area contributed by atoms with Gasteiger partial charge in [-0.3, -0.25) is 9.52 Å². The summed E-state index contributed by atoms with van der Waals surface area (Å²) >= 11 is 0. The van der Waals surface area contributed by atoms with E-state index in [2.05, 4.69) is 10.0 Å². The van der Waals surface area contributed by atoms with Crippen molar-refractivity contribution < 1.29 is 17.9 Å². The van der Waals surface area contributed by atoms with E-state index in [-0.39, 0.29) is 17.4 Å². The summed E-state index contributed by atoms with van der Waals surface area (Å²) in [5.74, 6) is 0.296. The highest BCUT2D eigenvalue weighted by atomic mass is 32.2. The van der Waals surface area contributed by atoms with Crippen molar-refractivity contribution in [1.82, 2.24) is 0 Å². The minimum atomic E-state index is -3.73. The number of amides is 1. The monoisotopic (exact) mass is 374 g/mol. The van der Waals surface area contributed by atoms with Crippen molar-refractivity contribution in [3.8, 4) is 5.75 Å². The van der Waals surface area contributed by atoms with Crippen molar-refractivity contribution in [2.45, 2.75) is 32.6 Å². The summed E-state index contributed by atoms with van der Waals surface area (Å²) in [6.07, 6.45) is 0. The van der Waals surface area contributed by atoms with E-state index in [4.69, 9.17) is 4.74 Å². The molecule has 2 N–H and O–H groups in total. The maximum absolute atomic E-state index is 12.7. The van der Waals surface area contributed by atoms with Crippen LogP contribution in [0.15, 0.2) is 41.3 Å². The Kier molecular flexibility index (Phi) is 4.44. The topological polar surface area (TPSA) is 84.5 Å². The van der Waals surface area contributed by atoms with Crippen LogP contribution in [0.5, 0.6) is 5.75 Å². The lowest BCUT2D eigenvalue weighted by Gasteiger charge is -2.18. The molecule has 7 heteroatoms. The first-order valence-electron chi connectivity index (χ1n) is 8.27. The highest BCUT2D eigenvalue weighted by Gasteiger charge is 2.32. The Morgan fingerprint density at radius 1 is 1.12 bits per heavy atom. The van der Waals surface area contributed by atoms with E-state index < -0.39 is 15.4 Å². The minimum absolute atomic E-state index is 0.139.